The number of fused-ring (bicyclic) bond motifs is 1. The van der Waals surface area contributed by atoms with E-state index in [4.69, 9.17) is 4.74 Å². The van der Waals surface area contributed by atoms with Crippen LogP contribution >= 0.6 is 0 Å². The Morgan fingerprint density at radius 1 is 1.24 bits per heavy atom. The lowest BCUT2D eigenvalue weighted by Gasteiger charge is -2.11. The highest BCUT2D eigenvalue weighted by Gasteiger charge is 2.02. The highest BCUT2D eigenvalue weighted by Crippen LogP contribution is 2.18. The smallest absolute Gasteiger partial charge is 0.0587 e. The SMILES string of the molecule is COCCNCc1ccc2c(ccn2CCCN(C)C)c1. The Labute approximate surface area is 127 Å². The third-order valence-electron chi connectivity index (χ3n) is 3.65. The molecule has 0 radical (unpaired) electrons. The molecule has 0 saturated heterocycles. The largest absolute Gasteiger partial charge is 0.383 e. The van der Waals surface area contributed by atoms with Gasteiger partial charge in [0, 0.05) is 38.5 Å². The first-order chi connectivity index (χ1) is 10.2. The van der Waals surface area contributed by atoms with E-state index in [0.717, 1.165) is 32.8 Å². The summed E-state index contributed by atoms with van der Waals surface area (Å²) < 4.78 is 7.39. The van der Waals surface area contributed by atoms with Crippen LogP contribution in [-0.2, 0) is 17.8 Å². The van der Waals surface area contributed by atoms with Gasteiger partial charge in [0.25, 0.3) is 0 Å². The molecule has 116 valence electrons. The van der Waals surface area contributed by atoms with Crippen molar-refractivity contribution in [3.63, 3.8) is 0 Å². The Hall–Kier alpha value is -1.36. The summed E-state index contributed by atoms with van der Waals surface area (Å²) in [5.41, 5.74) is 2.65. The first-order valence-corrected chi connectivity index (χ1v) is 7.63. The van der Waals surface area contributed by atoms with E-state index >= 15 is 0 Å². The Kier molecular flexibility index (Phi) is 6.23. The number of rotatable bonds is 9. The van der Waals surface area contributed by atoms with Gasteiger partial charge in [0.15, 0.2) is 0 Å². The van der Waals surface area contributed by atoms with Gasteiger partial charge in [-0.1, -0.05) is 6.07 Å². The molecule has 1 N–H and O–H groups in total. The molecule has 0 aliphatic rings. The summed E-state index contributed by atoms with van der Waals surface area (Å²) >= 11 is 0. The summed E-state index contributed by atoms with van der Waals surface area (Å²) in [5, 5.41) is 4.71. The minimum Gasteiger partial charge on any atom is -0.383 e. The lowest BCUT2D eigenvalue weighted by molar-refractivity contribution is 0.199. The van der Waals surface area contributed by atoms with Gasteiger partial charge in [0.05, 0.1) is 6.61 Å². The van der Waals surface area contributed by atoms with Crippen molar-refractivity contribution in [3.8, 4) is 0 Å². The molecule has 0 unspecified atom stereocenters. The van der Waals surface area contributed by atoms with Crippen molar-refractivity contribution in [3.05, 3.63) is 36.0 Å². The molecule has 0 amide bonds. The number of ether oxygens (including phenoxy) is 1. The number of hydrogen-bond donors (Lipinski definition) is 1. The topological polar surface area (TPSA) is 29.4 Å². The fraction of sp³-hybridized carbons (Fsp3) is 0.529. The van der Waals surface area contributed by atoms with Crippen molar-refractivity contribution in [1.82, 2.24) is 14.8 Å². The van der Waals surface area contributed by atoms with Crippen LogP contribution in [0.4, 0.5) is 0 Å². The molecule has 2 aromatic rings. The van der Waals surface area contributed by atoms with Crippen molar-refractivity contribution >= 4 is 10.9 Å². The minimum absolute atomic E-state index is 0.754. The van der Waals surface area contributed by atoms with E-state index in [2.05, 4.69) is 59.3 Å². The first-order valence-electron chi connectivity index (χ1n) is 7.63. The van der Waals surface area contributed by atoms with Crippen molar-refractivity contribution in [2.75, 3.05) is 40.9 Å². The summed E-state index contributed by atoms with van der Waals surface area (Å²) in [6, 6.07) is 8.93. The molecule has 2 rings (SSSR count). The van der Waals surface area contributed by atoms with Crippen LogP contribution in [-0.4, -0.2) is 50.4 Å². The van der Waals surface area contributed by atoms with Crippen LogP contribution in [0.15, 0.2) is 30.5 Å². The molecule has 0 atom stereocenters. The van der Waals surface area contributed by atoms with Gasteiger partial charge in [-0.05, 0) is 56.2 Å². The molecule has 0 saturated carbocycles. The van der Waals surface area contributed by atoms with Crippen molar-refractivity contribution in [2.45, 2.75) is 19.5 Å². The van der Waals surface area contributed by atoms with Crippen LogP contribution in [0.5, 0.6) is 0 Å². The van der Waals surface area contributed by atoms with Gasteiger partial charge in [-0.3, -0.25) is 0 Å². The fourth-order valence-electron chi connectivity index (χ4n) is 2.52. The second-order valence-electron chi connectivity index (χ2n) is 5.73. The maximum absolute atomic E-state index is 5.04. The Morgan fingerprint density at radius 2 is 2.10 bits per heavy atom. The van der Waals surface area contributed by atoms with Crippen LogP contribution in [0.25, 0.3) is 10.9 Å². The van der Waals surface area contributed by atoms with Crippen LogP contribution in [0.1, 0.15) is 12.0 Å². The molecule has 1 aromatic carbocycles. The normalized spacial score (nSPS) is 11.6. The van der Waals surface area contributed by atoms with Gasteiger partial charge in [-0.2, -0.15) is 0 Å². The van der Waals surface area contributed by atoms with E-state index in [1.807, 2.05) is 0 Å². The van der Waals surface area contributed by atoms with Crippen molar-refractivity contribution in [2.24, 2.45) is 0 Å². The Morgan fingerprint density at radius 3 is 2.86 bits per heavy atom. The van der Waals surface area contributed by atoms with E-state index in [1.54, 1.807) is 7.11 Å². The van der Waals surface area contributed by atoms with Gasteiger partial charge in [0.2, 0.25) is 0 Å². The van der Waals surface area contributed by atoms with E-state index in [9.17, 15) is 0 Å². The molecule has 1 heterocycles. The fourth-order valence-corrected chi connectivity index (χ4v) is 2.52. The molecule has 1 aromatic heterocycles. The molecule has 0 fully saturated rings. The zero-order chi connectivity index (χ0) is 15.1. The van der Waals surface area contributed by atoms with Gasteiger partial charge in [-0.15, -0.1) is 0 Å². The average Bonchev–Trinajstić information content (AvgIpc) is 2.86. The third kappa shape index (κ3) is 4.84. The summed E-state index contributed by atoms with van der Waals surface area (Å²) in [6.07, 6.45) is 3.37. The van der Waals surface area contributed by atoms with Gasteiger partial charge in [-0.25, -0.2) is 0 Å². The molecular formula is C17H27N3O. The Bertz CT molecular complexity index is 548. The maximum atomic E-state index is 5.04. The minimum atomic E-state index is 0.754. The standard InChI is InChI=1S/C17H27N3O/c1-19(2)9-4-10-20-11-7-16-13-15(5-6-17(16)20)14-18-8-12-21-3/h5-7,11,13,18H,4,8-10,12,14H2,1-3H3. The van der Waals surface area contributed by atoms with Crippen LogP contribution < -0.4 is 5.32 Å². The van der Waals surface area contributed by atoms with Crippen molar-refractivity contribution < 1.29 is 4.74 Å². The van der Waals surface area contributed by atoms with Crippen LogP contribution in [0.3, 0.4) is 0 Å². The number of nitrogens with zero attached hydrogens (tertiary/aromatic N) is 2. The molecule has 0 aliphatic heterocycles. The molecular weight excluding hydrogens is 262 g/mol. The predicted octanol–water partition coefficient (Wildman–Crippen LogP) is 2.33. The third-order valence-corrected chi connectivity index (χ3v) is 3.65. The number of nitrogens with one attached hydrogen (secondary N) is 1. The van der Waals surface area contributed by atoms with Crippen molar-refractivity contribution in [1.29, 1.82) is 0 Å². The highest BCUT2D eigenvalue weighted by atomic mass is 16.5. The summed E-state index contributed by atoms with van der Waals surface area (Å²) in [4.78, 5) is 2.23. The summed E-state index contributed by atoms with van der Waals surface area (Å²) in [7, 11) is 5.97. The monoisotopic (exact) mass is 289 g/mol. The number of benzene rings is 1. The Balaban J connectivity index is 1.94. The lowest BCUT2D eigenvalue weighted by Crippen LogP contribution is -2.18. The van der Waals surface area contributed by atoms with E-state index < -0.39 is 0 Å². The molecule has 21 heavy (non-hydrogen) atoms. The molecule has 4 heteroatoms. The molecule has 0 bridgehead atoms. The van der Waals surface area contributed by atoms with E-state index in [-0.39, 0.29) is 0 Å². The lowest BCUT2D eigenvalue weighted by atomic mass is 10.1. The first kappa shape index (κ1) is 16.0. The average molecular weight is 289 g/mol. The number of hydrogen-bond acceptors (Lipinski definition) is 3. The van der Waals surface area contributed by atoms with Gasteiger partial charge < -0.3 is 19.5 Å². The van der Waals surface area contributed by atoms with E-state index in [1.165, 1.54) is 22.9 Å². The predicted molar refractivity (Wildman–Crippen MR) is 88.7 cm³/mol. The van der Waals surface area contributed by atoms with Gasteiger partial charge >= 0.3 is 0 Å². The number of aromatic nitrogens is 1. The molecule has 0 spiro atoms. The van der Waals surface area contributed by atoms with E-state index in [0.29, 0.717) is 0 Å². The van der Waals surface area contributed by atoms with Gasteiger partial charge in [0.1, 0.15) is 0 Å². The second-order valence-corrected chi connectivity index (χ2v) is 5.73. The zero-order valence-electron chi connectivity index (χ0n) is 13.4. The summed E-state index contributed by atoms with van der Waals surface area (Å²) in [6.45, 7) is 4.74. The number of methoxy groups -OCH3 is 1. The maximum Gasteiger partial charge on any atom is 0.0587 e. The highest BCUT2D eigenvalue weighted by molar-refractivity contribution is 5.80. The number of aryl methyl sites for hydroxylation is 1. The molecule has 4 nitrogen and oxygen atoms in total. The quantitative estimate of drug-likeness (QED) is 0.719. The van der Waals surface area contributed by atoms with Crippen LogP contribution in [0.2, 0.25) is 0 Å². The summed E-state index contributed by atoms with van der Waals surface area (Å²) in [5.74, 6) is 0. The second kappa shape index (κ2) is 8.17. The van der Waals surface area contributed by atoms with Crippen LogP contribution in [0, 0.1) is 0 Å². The zero-order valence-corrected chi connectivity index (χ0v) is 13.4. The molecule has 0 aliphatic carbocycles.